The van der Waals surface area contributed by atoms with E-state index in [2.05, 4.69) is 0 Å². The molecule has 1 saturated heterocycles. The summed E-state index contributed by atoms with van der Waals surface area (Å²) in [5.74, 6) is 0.290. The van der Waals surface area contributed by atoms with E-state index >= 15 is 0 Å². The van der Waals surface area contributed by atoms with Crippen LogP contribution in [0, 0.1) is 0 Å². The van der Waals surface area contributed by atoms with Gasteiger partial charge in [0.1, 0.15) is 5.75 Å². The van der Waals surface area contributed by atoms with Crippen LogP contribution in [0.15, 0.2) is 47.4 Å². The van der Waals surface area contributed by atoms with Crippen LogP contribution in [0.5, 0.6) is 5.75 Å². The SMILES string of the molecule is CCOc1ccccc1C=C1SC(=O)N(Cc2c(Cl)cccc2Cl)C1=O. The number of ether oxygens (including phenoxy) is 1. The number of amides is 2. The lowest BCUT2D eigenvalue weighted by molar-refractivity contribution is -0.123. The first-order valence-corrected chi connectivity index (χ1v) is 9.48. The Kier molecular flexibility index (Phi) is 5.91. The summed E-state index contributed by atoms with van der Waals surface area (Å²) < 4.78 is 5.56. The highest BCUT2D eigenvalue weighted by molar-refractivity contribution is 8.18. The molecule has 1 heterocycles. The maximum absolute atomic E-state index is 12.7. The van der Waals surface area contributed by atoms with Crippen LogP contribution in [0.25, 0.3) is 6.08 Å². The number of thioether (sulfide) groups is 1. The molecule has 2 aromatic rings. The van der Waals surface area contributed by atoms with Gasteiger partial charge in [-0.25, -0.2) is 0 Å². The topological polar surface area (TPSA) is 46.6 Å². The van der Waals surface area contributed by atoms with E-state index in [1.807, 2.05) is 31.2 Å². The third-order valence-electron chi connectivity index (χ3n) is 3.76. The van der Waals surface area contributed by atoms with E-state index in [0.717, 1.165) is 22.2 Å². The first kappa shape index (κ1) is 18.8. The molecular weight excluding hydrogens is 393 g/mol. The summed E-state index contributed by atoms with van der Waals surface area (Å²) >= 11 is 13.2. The number of carbonyl (C=O) groups is 2. The van der Waals surface area contributed by atoms with Gasteiger partial charge >= 0.3 is 0 Å². The molecule has 0 atom stereocenters. The van der Waals surface area contributed by atoms with Gasteiger partial charge in [-0.15, -0.1) is 0 Å². The average molecular weight is 408 g/mol. The Labute approximate surface area is 165 Å². The Balaban J connectivity index is 1.88. The largest absolute Gasteiger partial charge is 0.493 e. The second kappa shape index (κ2) is 8.16. The van der Waals surface area contributed by atoms with Crippen LogP contribution in [-0.4, -0.2) is 22.7 Å². The molecule has 26 heavy (non-hydrogen) atoms. The molecule has 0 N–H and O–H groups in total. The summed E-state index contributed by atoms with van der Waals surface area (Å²) in [6.45, 7) is 2.43. The summed E-state index contributed by atoms with van der Waals surface area (Å²) in [4.78, 5) is 26.5. The normalized spacial score (nSPS) is 15.8. The third-order valence-corrected chi connectivity index (χ3v) is 5.37. The number of benzene rings is 2. The van der Waals surface area contributed by atoms with Gasteiger partial charge in [0.25, 0.3) is 11.1 Å². The van der Waals surface area contributed by atoms with Gasteiger partial charge in [0, 0.05) is 21.2 Å². The van der Waals surface area contributed by atoms with Crippen molar-refractivity contribution in [1.29, 1.82) is 0 Å². The van der Waals surface area contributed by atoms with E-state index < -0.39 is 0 Å². The molecule has 1 aliphatic rings. The molecule has 0 bridgehead atoms. The van der Waals surface area contributed by atoms with Crippen LogP contribution in [0.4, 0.5) is 4.79 Å². The van der Waals surface area contributed by atoms with Gasteiger partial charge in [0.15, 0.2) is 0 Å². The highest BCUT2D eigenvalue weighted by Gasteiger charge is 2.35. The molecule has 1 aliphatic heterocycles. The number of hydrogen-bond acceptors (Lipinski definition) is 4. The number of carbonyl (C=O) groups excluding carboxylic acids is 2. The number of hydrogen-bond donors (Lipinski definition) is 0. The molecule has 134 valence electrons. The fourth-order valence-corrected chi connectivity index (χ4v) is 3.85. The van der Waals surface area contributed by atoms with E-state index in [1.165, 1.54) is 0 Å². The predicted molar refractivity (Wildman–Crippen MR) is 106 cm³/mol. The summed E-state index contributed by atoms with van der Waals surface area (Å²) in [6, 6.07) is 12.4. The third kappa shape index (κ3) is 3.90. The van der Waals surface area contributed by atoms with Crippen molar-refractivity contribution in [2.45, 2.75) is 13.5 Å². The van der Waals surface area contributed by atoms with Gasteiger partial charge in [-0.2, -0.15) is 0 Å². The van der Waals surface area contributed by atoms with Crippen LogP contribution in [0.2, 0.25) is 10.0 Å². The second-order valence-electron chi connectivity index (χ2n) is 5.44. The second-order valence-corrected chi connectivity index (χ2v) is 7.25. The van der Waals surface area contributed by atoms with Crippen molar-refractivity contribution in [3.05, 3.63) is 68.5 Å². The maximum atomic E-state index is 12.7. The Morgan fingerprint density at radius 1 is 1.08 bits per heavy atom. The molecule has 1 fully saturated rings. The summed E-state index contributed by atoms with van der Waals surface area (Å²) in [6.07, 6.45) is 1.67. The number of rotatable bonds is 5. The zero-order chi connectivity index (χ0) is 18.7. The van der Waals surface area contributed by atoms with Gasteiger partial charge in [0.2, 0.25) is 0 Å². The van der Waals surface area contributed by atoms with Crippen LogP contribution in [0.1, 0.15) is 18.1 Å². The number of halogens is 2. The number of para-hydroxylation sites is 1. The Hall–Kier alpha value is -1.95. The van der Waals surface area contributed by atoms with Gasteiger partial charge in [-0.1, -0.05) is 47.5 Å². The van der Waals surface area contributed by atoms with Crippen molar-refractivity contribution in [3.63, 3.8) is 0 Å². The van der Waals surface area contributed by atoms with Crippen LogP contribution >= 0.6 is 35.0 Å². The van der Waals surface area contributed by atoms with Crippen molar-refractivity contribution in [2.75, 3.05) is 6.61 Å². The van der Waals surface area contributed by atoms with Gasteiger partial charge in [-0.3, -0.25) is 14.5 Å². The average Bonchev–Trinajstić information content (AvgIpc) is 2.87. The van der Waals surface area contributed by atoms with Crippen LogP contribution in [0.3, 0.4) is 0 Å². The minimum atomic E-state index is -0.373. The molecule has 0 saturated carbocycles. The number of imide groups is 1. The highest BCUT2D eigenvalue weighted by atomic mass is 35.5. The summed E-state index contributed by atoms with van der Waals surface area (Å²) in [7, 11) is 0. The molecule has 0 aromatic heterocycles. The zero-order valence-corrected chi connectivity index (χ0v) is 16.2. The Morgan fingerprint density at radius 2 is 1.77 bits per heavy atom. The summed E-state index contributed by atoms with van der Waals surface area (Å²) in [5.41, 5.74) is 1.30. The molecule has 0 radical (unpaired) electrons. The standard InChI is InChI=1S/C19H15Cl2NO3S/c1-2-25-16-9-4-3-6-12(16)10-17-18(23)22(19(24)26-17)11-13-14(20)7-5-8-15(13)21/h3-10H,2,11H2,1H3. The first-order valence-electron chi connectivity index (χ1n) is 7.91. The molecule has 2 aromatic carbocycles. The molecule has 3 rings (SSSR count). The van der Waals surface area contributed by atoms with Crippen molar-refractivity contribution < 1.29 is 14.3 Å². The molecule has 0 aliphatic carbocycles. The minimum Gasteiger partial charge on any atom is -0.493 e. The quantitative estimate of drug-likeness (QED) is 0.602. The van der Waals surface area contributed by atoms with E-state index in [0.29, 0.717) is 32.9 Å². The van der Waals surface area contributed by atoms with Gasteiger partial charge in [0.05, 0.1) is 18.1 Å². The van der Waals surface area contributed by atoms with E-state index in [4.69, 9.17) is 27.9 Å². The molecule has 2 amide bonds. The van der Waals surface area contributed by atoms with E-state index in [1.54, 1.807) is 24.3 Å². The van der Waals surface area contributed by atoms with Crippen molar-refractivity contribution in [2.24, 2.45) is 0 Å². The number of nitrogens with zero attached hydrogens (tertiary/aromatic N) is 1. The lowest BCUT2D eigenvalue weighted by Crippen LogP contribution is -2.27. The van der Waals surface area contributed by atoms with Gasteiger partial charge < -0.3 is 4.74 Å². The molecule has 0 spiro atoms. The fourth-order valence-electron chi connectivity index (χ4n) is 2.51. The Morgan fingerprint density at radius 3 is 2.46 bits per heavy atom. The molecule has 7 heteroatoms. The van der Waals surface area contributed by atoms with Crippen molar-refractivity contribution in [1.82, 2.24) is 4.90 Å². The first-order chi connectivity index (χ1) is 12.5. The van der Waals surface area contributed by atoms with E-state index in [-0.39, 0.29) is 17.7 Å². The monoisotopic (exact) mass is 407 g/mol. The van der Waals surface area contributed by atoms with E-state index in [9.17, 15) is 9.59 Å². The summed E-state index contributed by atoms with van der Waals surface area (Å²) in [5, 5.41) is 0.482. The Bertz CT molecular complexity index is 878. The van der Waals surface area contributed by atoms with Crippen LogP contribution < -0.4 is 4.74 Å². The van der Waals surface area contributed by atoms with Crippen molar-refractivity contribution in [3.8, 4) is 5.75 Å². The maximum Gasteiger partial charge on any atom is 0.293 e. The predicted octanol–water partition coefficient (Wildman–Crippen LogP) is 5.63. The molecule has 0 unspecified atom stereocenters. The smallest absolute Gasteiger partial charge is 0.293 e. The van der Waals surface area contributed by atoms with Crippen LogP contribution in [-0.2, 0) is 11.3 Å². The minimum absolute atomic E-state index is 0.0353. The van der Waals surface area contributed by atoms with Gasteiger partial charge in [-0.05, 0) is 43.0 Å². The molecular formula is C19H15Cl2NO3S. The zero-order valence-electron chi connectivity index (χ0n) is 13.9. The lowest BCUT2D eigenvalue weighted by Gasteiger charge is -2.14. The highest BCUT2D eigenvalue weighted by Crippen LogP contribution is 2.36. The fraction of sp³-hybridized carbons (Fsp3) is 0.158. The van der Waals surface area contributed by atoms with Crippen molar-refractivity contribution >= 4 is 52.2 Å². The molecule has 4 nitrogen and oxygen atoms in total. The lowest BCUT2D eigenvalue weighted by atomic mass is 10.1.